The maximum Gasteiger partial charge on any atom is 0.315 e. The van der Waals surface area contributed by atoms with Crippen LogP contribution in [0.15, 0.2) is 48.8 Å². The van der Waals surface area contributed by atoms with Crippen molar-refractivity contribution in [1.82, 2.24) is 15.6 Å². The van der Waals surface area contributed by atoms with Gasteiger partial charge in [0.05, 0.1) is 6.04 Å². The summed E-state index contributed by atoms with van der Waals surface area (Å²) in [6.45, 7) is 5.77. The number of carbonyl (C=O) groups excluding carboxylic acids is 1. The van der Waals surface area contributed by atoms with E-state index in [0.29, 0.717) is 0 Å². The fourth-order valence-corrected chi connectivity index (χ4v) is 2.34. The topological polar surface area (TPSA) is 74.2 Å². The molecule has 0 aliphatic carbocycles. The molecule has 3 atom stereocenters. The first-order valence-electron chi connectivity index (χ1n) is 8.19. The van der Waals surface area contributed by atoms with Crippen LogP contribution in [-0.2, 0) is 0 Å². The SMILES string of the molecule is CC(NC(=O)NC(C)C(C)CO)c1ccc(-c2ccncc2)cc1. The highest BCUT2D eigenvalue weighted by Gasteiger charge is 2.15. The zero-order valence-corrected chi connectivity index (χ0v) is 14.4. The minimum Gasteiger partial charge on any atom is -0.396 e. The molecule has 24 heavy (non-hydrogen) atoms. The Kier molecular flexibility index (Phi) is 6.32. The monoisotopic (exact) mass is 327 g/mol. The molecule has 2 amide bonds. The highest BCUT2D eigenvalue weighted by molar-refractivity contribution is 5.74. The van der Waals surface area contributed by atoms with Gasteiger partial charge in [0, 0.05) is 25.0 Å². The Morgan fingerprint density at radius 3 is 2.17 bits per heavy atom. The number of nitrogens with zero attached hydrogens (tertiary/aromatic N) is 1. The molecule has 5 nitrogen and oxygen atoms in total. The predicted molar refractivity (Wildman–Crippen MR) is 95.5 cm³/mol. The second-order valence-corrected chi connectivity index (χ2v) is 6.15. The Morgan fingerprint density at radius 1 is 1.00 bits per heavy atom. The van der Waals surface area contributed by atoms with Crippen LogP contribution in [-0.4, -0.2) is 28.8 Å². The minimum atomic E-state index is -0.228. The van der Waals surface area contributed by atoms with Crippen molar-refractivity contribution in [2.45, 2.75) is 32.9 Å². The van der Waals surface area contributed by atoms with E-state index in [4.69, 9.17) is 5.11 Å². The molecule has 1 heterocycles. The van der Waals surface area contributed by atoms with Gasteiger partial charge in [-0.2, -0.15) is 0 Å². The normalized spacial score (nSPS) is 14.5. The van der Waals surface area contributed by atoms with Gasteiger partial charge >= 0.3 is 6.03 Å². The Bertz CT molecular complexity index is 643. The molecule has 3 N–H and O–H groups in total. The van der Waals surface area contributed by atoms with Gasteiger partial charge in [0.2, 0.25) is 0 Å². The Balaban J connectivity index is 1.95. The number of urea groups is 1. The third-order valence-corrected chi connectivity index (χ3v) is 4.27. The fraction of sp³-hybridized carbons (Fsp3) is 0.368. The zero-order valence-electron chi connectivity index (χ0n) is 14.4. The lowest BCUT2D eigenvalue weighted by Crippen LogP contribution is -2.44. The van der Waals surface area contributed by atoms with Crippen LogP contribution < -0.4 is 10.6 Å². The first-order valence-corrected chi connectivity index (χ1v) is 8.19. The van der Waals surface area contributed by atoms with Crippen molar-refractivity contribution in [2.75, 3.05) is 6.61 Å². The molecule has 0 fully saturated rings. The van der Waals surface area contributed by atoms with Gasteiger partial charge in [-0.3, -0.25) is 4.98 Å². The summed E-state index contributed by atoms with van der Waals surface area (Å²) in [5.41, 5.74) is 3.26. The number of aliphatic hydroxyl groups is 1. The second kappa shape index (κ2) is 8.45. The van der Waals surface area contributed by atoms with Crippen LogP contribution in [0.4, 0.5) is 4.79 Å². The van der Waals surface area contributed by atoms with Crippen molar-refractivity contribution < 1.29 is 9.90 Å². The first-order chi connectivity index (χ1) is 11.5. The summed E-state index contributed by atoms with van der Waals surface area (Å²) in [5, 5.41) is 14.9. The molecule has 1 aromatic heterocycles. The third-order valence-electron chi connectivity index (χ3n) is 4.27. The highest BCUT2D eigenvalue weighted by atomic mass is 16.3. The molecule has 0 bridgehead atoms. The van der Waals surface area contributed by atoms with Gasteiger partial charge in [-0.05, 0) is 48.6 Å². The lowest BCUT2D eigenvalue weighted by molar-refractivity contribution is 0.199. The zero-order chi connectivity index (χ0) is 17.5. The Hall–Kier alpha value is -2.40. The van der Waals surface area contributed by atoms with Crippen LogP contribution >= 0.6 is 0 Å². The number of aliphatic hydroxyl groups excluding tert-OH is 1. The van der Waals surface area contributed by atoms with Crippen molar-refractivity contribution >= 4 is 6.03 Å². The number of aromatic nitrogens is 1. The smallest absolute Gasteiger partial charge is 0.315 e. The summed E-state index contributed by atoms with van der Waals surface area (Å²) in [6, 6.07) is 11.6. The fourth-order valence-electron chi connectivity index (χ4n) is 2.34. The molecular weight excluding hydrogens is 302 g/mol. The Morgan fingerprint density at radius 2 is 1.58 bits per heavy atom. The molecule has 0 spiro atoms. The first kappa shape index (κ1) is 17.9. The van der Waals surface area contributed by atoms with Crippen molar-refractivity contribution in [3.05, 3.63) is 54.4 Å². The minimum absolute atomic E-state index is 0.0192. The number of hydrogen-bond acceptors (Lipinski definition) is 3. The van der Waals surface area contributed by atoms with Gasteiger partial charge in [-0.15, -0.1) is 0 Å². The van der Waals surface area contributed by atoms with Crippen LogP contribution in [0.2, 0.25) is 0 Å². The summed E-state index contributed by atoms with van der Waals surface area (Å²) < 4.78 is 0. The van der Waals surface area contributed by atoms with Gasteiger partial charge in [0.25, 0.3) is 0 Å². The largest absolute Gasteiger partial charge is 0.396 e. The molecule has 0 aliphatic heterocycles. The average Bonchev–Trinajstić information content (AvgIpc) is 2.61. The number of nitrogens with one attached hydrogen (secondary N) is 2. The van der Waals surface area contributed by atoms with Crippen molar-refractivity contribution in [2.24, 2.45) is 5.92 Å². The number of amides is 2. The number of pyridine rings is 1. The molecule has 2 rings (SSSR count). The van der Waals surface area contributed by atoms with E-state index in [-0.39, 0.29) is 30.6 Å². The summed E-state index contributed by atoms with van der Waals surface area (Å²) in [7, 11) is 0. The quantitative estimate of drug-likeness (QED) is 0.763. The van der Waals surface area contributed by atoms with E-state index in [9.17, 15) is 4.79 Å². The summed E-state index contributed by atoms with van der Waals surface area (Å²) in [4.78, 5) is 16.1. The van der Waals surface area contributed by atoms with Crippen LogP contribution in [0.25, 0.3) is 11.1 Å². The predicted octanol–water partition coefficient (Wildman–Crippen LogP) is 3.13. The number of hydrogen-bond donors (Lipinski definition) is 3. The van der Waals surface area contributed by atoms with Crippen LogP contribution in [0.1, 0.15) is 32.4 Å². The number of benzene rings is 1. The Labute approximate surface area is 143 Å². The van der Waals surface area contributed by atoms with E-state index >= 15 is 0 Å². The van der Waals surface area contributed by atoms with Gasteiger partial charge < -0.3 is 15.7 Å². The van der Waals surface area contributed by atoms with E-state index in [1.165, 1.54) is 0 Å². The van der Waals surface area contributed by atoms with Crippen LogP contribution in [0.3, 0.4) is 0 Å². The maximum atomic E-state index is 12.0. The standard InChI is InChI=1S/C19H25N3O2/c1-13(12-23)14(2)21-19(24)22-15(3)16-4-6-17(7-5-16)18-8-10-20-11-9-18/h4-11,13-15,23H,12H2,1-3H3,(H2,21,22,24). The number of carbonyl (C=O) groups is 1. The van der Waals surface area contributed by atoms with Gasteiger partial charge in [-0.25, -0.2) is 4.79 Å². The highest BCUT2D eigenvalue weighted by Crippen LogP contribution is 2.21. The lowest BCUT2D eigenvalue weighted by atomic mass is 10.0. The summed E-state index contributed by atoms with van der Waals surface area (Å²) in [6.07, 6.45) is 3.54. The molecule has 128 valence electrons. The van der Waals surface area contributed by atoms with Crippen molar-refractivity contribution in [1.29, 1.82) is 0 Å². The molecule has 3 unspecified atom stereocenters. The van der Waals surface area contributed by atoms with E-state index < -0.39 is 0 Å². The van der Waals surface area contributed by atoms with E-state index in [0.717, 1.165) is 16.7 Å². The van der Waals surface area contributed by atoms with Gasteiger partial charge in [0.1, 0.15) is 0 Å². The lowest BCUT2D eigenvalue weighted by Gasteiger charge is -2.21. The summed E-state index contributed by atoms with van der Waals surface area (Å²) in [5.74, 6) is 0.0192. The molecule has 5 heteroatoms. The summed E-state index contributed by atoms with van der Waals surface area (Å²) >= 11 is 0. The maximum absolute atomic E-state index is 12.0. The molecule has 0 saturated carbocycles. The van der Waals surface area contributed by atoms with Crippen LogP contribution in [0, 0.1) is 5.92 Å². The van der Waals surface area contributed by atoms with Crippen molar-refractivity contribution in [3.8, 4) is 11.1 Å². The van der Waals surface area contributed by atoms with E-state index in [1.54, 1.807) is 12.4 Å². The molecule has 2 aromatic rings. The van der Waals surface area contributed by atoms with Crippen LogP contribution in [0.5, 0.6) is 0 Å². The van der Waals surface area contributed by atoms with E-state index in [1.807, 2.05) is 57.2 Å². The third kappa shape index (κ3) is 4.80. The van der Waals surface area contributed by atoms with Crippen molar-refractivity contribution in [3.63, 3.8) is 0 Å². The second-order valence-electron chi connectivity index (χ2n) is 6.15. The number of rotatable bonds is 6. The molecule has 0 aliphatic rings. The van der Waals surface area contributed by atoms with Gasteiger partial charge in [0.15, 0.2) is 0 Å². The molecule has 1 aromatic carbocycles. The molecule has 0 saturated heterocycles. The molecule has 0 radical (unpaired) electrons. The molecular formula is C19H25N3O2. The van der Waals surface area contributed by atoms with Gasteiger partial charge in [-0.1, -0.05) is 31.2 Å². The van der Waals surface area contributed by atoms with E-state index in [2.05, 4.69) is 15.6 Å². The average molecular weight is 327 g/mol.